The fourth-order valence-corrected chi connectivity index (χ4v) is 4.84. The third-order valence-corrected chi connectivity index (χ3v) is 6.51. The monoisotopic (exact) mass is 575 g/mol. The minimum atomic E-state index is -4.52. The Kier molecular flexibility index (Phi) is 8.10. The van der Waals surface area contributed by atoms with Crippen LogP contribution in [-0.2, 0) is 12.7 Å². The molecule has 1 amide bonds. The van der Waals surface area contributed by atoms with Gasteiger partial charge in [0.05, 0.1) is 29.8 Å². The van der Waals surface area contributed by atoms with Crippen LogP contribution in [0.25, 0.3) is 0 Å². The molecule has 2 N–H and O–H groups in total. The Morgan fingerprint density at radius 3 is 2.42 bits per heavy atom. The minimum absolute atomic E-state index is 0.00137. The van der Waals surface area contributed by atoms with Crippen molar-refractivity contribution in [2.24, 2.45) is 0 Å². The number of imidazole rings is 1. The Bertz CT molecular complexity index is 1140. The first kappa shape index (κ1) is 27.6. The van der Waals surface area contributed by atoms with Crippen LogP contribution >= 0.6 is 15.9 Å². The molecule has 1 aromatic carbocycles. The Balaban J connectivity index is 1.96. The molecule has 3 atom stereocenters. The number of rotatable bonds is 7. The van der Waals surface area contributed by atoms with E-state index >= 15 is 0 Å². The number of hydrogen-bond donors (Lipinski definition) is 2. The van der Waals surface area contributed by atoms with E-state index < -0.39 is 46.3 Å². The van der Waals surface area contributed by atoms with Crippen LogP contribution in [0.2, 0.25) is 0 Å². The van der Waals surface area contributed by atoms with E-state index in [-0.39, 0.29) is 30.9 Å². The van der Waals surface area contributed by atoms with E-state index in [4.69, 9.17) is 0 Å². The largest absolute Gasteiger partial charge is 0.465 e. The van der Waals surface area contributed by atoms with E-state index in [2.05, 4.69) is 20.9 Å². The van der Waals surface area contributed by atoms with Gasteiger partial charge in [-0.05, 0) is 41.5 Å². The number of allylic oxidation sites excluding steroid dienone is 1. The number of β-amino-alcohol motifs (C(OH)–C–C–N with tert-alkyl or cyclic N) is 1. The Labute approximate surface area is 212 Å². The van der Waals surface area contributed by atoms with Gasteiger partial charge in [0.2, 0.25) is 0 Å². The Morgan fingerprint density at radius 1 is 1.28 bits per heavy atom. The van der Waals surface area contributed by atoms with Gasteiger partial charge in [-0.3, -0.25) is 14.4 Å². The molecule has 14 heteroatoms. The molecule has 0 aliphatic carbocycles. The molecule has 1 aliphatic rings. The lowest BCUT2D eigenvalue weighted by Crippen LogP contribution is -2.58. The van der Waals surface area contributed by atoms with Crippen LogP contribution in [-0.4, -0.2) is 71.9 Å². The van der Waals surface area contributed by atoms with E-state index in [0.717, 1.165) is 12.1 Å². The topological polar surface area (TPSA) is 125 Å². The highest BCUT2D eigenvalue weighted by Gasteiger charge is 2.41. The molecule has 0 bridgehead atoms. The molecule has 2 unspecified atom stereocenters. The zero-order chi connectivity index (χ0) is 26.8. The third kappa shape index (κ3) is 6.23. The fourth-order valence-electron chi connectivity index (χ4n) is 4.43. The summed E-state index contributed by atoms with van der Waals surface area (Å²) in [6.45, 7) is 3.46. The Hall–Kier alpha value is -2.97. The quantitative estimate of drug-likeness (QED) is 0.286. The number of nitrogens with zero attached hydrogens (tertiary/aromatic N) is 5. The second-order valence-corrected chi connectivity index (χ2v) is 9.49. The number of nitro groups is 1. The summed E-state index contributed by atoms with van der Waals surface area (Å²) in [6, 6.07) is 3.09. The molecule has 0 radical (unpaired) electrons. The van der Waals surface area contributed by atoms with Gasteiger partial charge in [-0.1, -0.05) is 24.3 Å². The van der Waals surface area contributed by atoms with Crippen molar-refractivity contribution in [1.82, 2.24) is 19.4 Å². The van der Waals surface area contributed by atoms with Crippen molar-refractivity contribution in [1.29, 1.82) is 0 Å². The van der Waals surface area contributed by atoms with E-state index in [0.29, 0.717) is 5.56 Å². The number of piperazine rings is 1. The number of amides is 1. The smallest absolute Gasteiger partial charge is 0.416 e. The summed E-state index contributed by atoms with van der Waals surface area (Å²) in [5.41, 5.74) is -1.84. The lowest BCUT2D eigenvalue weighted by atomic mass is 9.91. The number of carbonyl (C=O) groups is 1. The maximum atomic E-state index is 13.1. The standard InChI is InChI=1S/C22H25BrF3N5O5/c1-3-4-16-18(14-5-7-15(8-6-14)22(24,25)26)28(9-10-30(16)20(32)33)12-21(2,34)13-29-11-17(31(35)36)27-19(29)23/h3-8,11,16,18,34H,9-10,12-13H2,1-2H3,(H,32,33)/t16-,18?,21?/m0/s1. The van der Waals surface area contributed by atoms with Gasteiger partial charge >= 0.3 is 18.1 Å². The second-order valence-electron chi connectivity index (χ2n) is 8.78. The van der Waals surface area contributed by atoms with Crippen molar-refractivity contribution in [2.75, 3.05) is 19.6 Å². The molecule has 2 heterocycles. The summed E-state index contributed by atoms with van der Waals surface area (Å²) in [6.07, 6.45) is -1.19. The molecule has 1 aromatic heterocycles. The molecule has 2 aromatic rings. The molecule has 1 saturated heterocycles. The number of alkyl halides is 3. The molecule has 10 nitrogen and oxygen atoms in total. The van der Waals surface area contributed by atoms with Crippen LogP contribution in [0.4, 0.5) is 23.8 Å². The molecule has 0 spiro atoms. The maximum absolute atomic E-state index is 13.1. The first-order chi connectivity index (χ1) is 16.7. The van der Waals surface area contributed by atoms with Crippen molar-refractivity contribution in [2.45, 2.75) is 44.3 Å². The molecule has 1 fully saturated rings. The van der Waals surface area contributed by atoms with Gasteiger partial charge in [0.1, 0.15) is 6.20 Å². The molecule has 3 rings (SSSR count). The van der Waals surface area contributed by atoms with E-state index in [1.54, 1.807) is 19.1 Å². The van der Waals surface area contributed by atoms with Gasteiger partial charge in [0, 0.05) is 35.6 Å². The van der Waals surface area contributed by atoms with Crippen molar-refractivity contribution in [3.05, 3.63) is 68.6 Å². The highest BCUT2D eigenvalue weighted by molar-refractivity contribution is 9.10. The van der Waals surface area contributed by atoms with Crippen molar-refractivity contribution in [3.63, 3.8) is 0 Å². The second kappa shape index (κ2) is 10.6. The number of aliphatic hydroxyl groups is 1. The average Bonchev–Trinajstić information content (AvgIpc) is 3.13. The molecule has 36 heavy (non-hydrogen) atoms. The highest BCUT2D eigenvalue weighted by Crippen LogP contribution is 2.36. The summed E-state index contributed by atoms with van der Waals surface area (Å²) in [4.78, 5) is 29.1. The summed E-state index contributed by atoms with van der Waals surface area (Å²) in [5.74, 6) is -0.400. The van der Waals surface area contributed by atoms with Gasteiger partial charge in [0.15, 0.2) is 0 Å². The fraction of sp³-hybridized carbons (Fsp3) is 0.455. The normalized spacial score (nSPS) is 21.0. The zero-order valence-electron chi connectivity index (χ0n) is 19.4. The van der Waals surface area contributed by atoms with Gasteiger partial charge in [-0.25, -0.2) is 4.79 Å². The molecule has 0 saturated carbocycles. The molecule has 196 valence electrons. The van der Waals surface area contributed by atoms with Gasteiger partial charge in [0.25, 0.3) is 4.73 Å². The van der Waals surface area contributed by atoms with Crippen molar-refractivity contribution in [3.8, 4) is 0 Å². The molecule has 1 aliphatic heterocycles. The molecular weight excluding hydrogens is 551 g/mol. The van der Waals surface area contributed by atoms with E-state index in [9.17, 15) is 38.3 Å². The summed E-state index contributed by atoms with van der Waals surface area (Å²) in [5, 5.41) is 32.0. The minimum Gasteiger partial charge on any atom is -0.465 e. The highest BCUT2D eigenvalue weighted by atomic mass is 79.9. The van der Waals surface area contributed by atoms with Crippen LogP contribution in [0.15, 0.2) is 47.3 Å². The van der Waals surface area contributed by atoms with Crippen molar-refractivity contribution < 1.29 is 33.1 Å². The van der Waals surface area contributed by atoms with E-state index in [1.807, 2.05) is 4.90 Å². The summed E-state index contributed by atoms with van der Waals surface area (Å²) >= 11 is 3.14. The predicted octanol–water partition coefficient (Wildman–Crippen LogP) is 4.31. The number of carboxylic acid groups (broad SMARTS) is 1. The molecular formula is C22H25BrF3N5O5. The lowest BCUT2D eigenvalue weighted by Gasteiger charge is -2.47. The van der Waals surface area contributed by atoms with Crippen LogP contribution < -0.4 is 0 Å². The van der Waals surface area contributed by atoms with Crippen LogP contribution in [0, 0.1) is 10.1 Å². The first-order valence-corrected chi connectivity index (χ1v) is 11.7. The number of aromatic nitrogens is 2. The zero-order valence-corrected chi connectivity index (χ0v) is 21.0. The number of hydrogen-bond acceptors (Lipinski definition) is 6. The first-order valence-electron chi connectivity index (χ1n) is 10.9. The average molecular weight is 576 g/mol. The van der Waals surface area contributed by atoms with E-state index in [1.165, 1.54) is 34.7 Å². The number of halogens is 4. The SMILES string of the molecule is CC=C[C@H]1C(c2ccc(C(F)(F)F)cc2)N(CC(C)(O)Cn2cc([N+](=O)[O-])nc2Br)CCN1C(=O)O. The maximum Gasteiger partial charge on any atom is 0.416 e. The lowest BCUT2D eigenvalue weighted by molar-refractivity contribution is -0.389. The van der Waals surface area contributed by atoms with Crippen LogP contribution in [0.5, 0.6) is 0 Å². The number of benzene rings is 1. The van der Waals surface area contributed by atoms with Crippen LogP contribution in [0.3, 0.4) is 0 Å². The van der Waals surface area contributed by atoms with Crippen LogP contribution in [0.1, 0.15) is 31.0 Å². The third-order valence-electron chi connectivity index (χ3n) is 5.88. The summed E-state index contributed by atoms with van der Waals surface area (Å²) in [7, 11) is 0. The Morgan fingerprint density at radius 2 is 1.92 bits per heavy atom. The summed E-state index contributed by atoms with van der Waals surface area (Å²) < 4.78 is 40.9. The van der Waals surface area contributed by atoms with Gasteiger partial charge in [-0.2, -0.15) is 13.2 Å². The van der Waals surface area contributed by atoms with Gasteiger partial charge < -0.3 is 20.3 Å². The van der Waals surface area contributed by atoms with Gasteiger partial charge in [-0.15, -0.1) is 0 Å². The predicted molar refractivity (Wildman–Crippen MR) is 126 cm³/mol. The van der Waals surface area contributed by atoms with Crippen molar-refractivity contribution >= 4 is 27.8 Å².